The second-order valence-corrected chi connectivity index (χ2v) is 4.09. The van der Waals surface area contributed by atoms with Gasteiger partial charge < -0.3 is 15.4 Å². The van der Waals surface area contributed by atoms with Crippen LogP contribution in [0.15, 0.2) is 18.2 Å². The van der Waals surface area contributed by atoms with Crippen molar-refractivity contribution in [2.75, 3.05) is 24.4 Å². The average Bonchev–Trinajstić information content (AvgIpc) is 2.27. The van der Waals surface area contributed by atoms with Gasteiger partial charge in [-0.25, -0.2) is 0 Å². The van der Waals surface area contributed by atoms with E-state index >= 15 is 0 Å². The van der Waals surface area contributed by atoms with Gasteiger partial charge in [0.2, 0.25) is 5.91 Å². The lowest BCUT2D eigenvalue weighted by atomic mass is 10.1. The van der Waals surface area contributed by atoms with E-state index in [2.05, 4.69) is 10.6 Å². The van der Waals surface area contributed by atoms with E-state index in [-0.39, 0.29) is 11.9 Å². The minimum atomic E-state index is -0.258. The van der Waals surface area contributed by atoms with E-state index < -0.39 is 0 Å². The Bertz CT molecular complexity index is 409. The molecular weight excluding hydrogens is 228 g/mol. The van der Waals surface area contributed by atoms with Gasteiger partial charge in [0.05, 0.1) is 11.4 Å². The molecule has 1 aliphatic heterocycles. The quantitative estimate of drug-likeness (QED) is 0.851. The highest BCUT2D eigenvalue weighted by Crippen LogP contribution is 2.30. The van der Waals surface area contributed by atoms with Crippen LogP contribution in [-0.4, -0.2) is 25.7 Å². The van der Waals surface area contributed by atoms with Crippen LogP contribution in [0.2, 0.25) is 5.02 Å². The molecule has 0 saturated heterocycles. The molecule has 86 valence electrons. The van der Waals surface area contributed by atoms with Gasteiger partial charge in [-0.05, 0) is 24.6 Å². The number of halogens is 1. The topological polar surface area (TPSA) is 50.4 Å². The maximum Gasteiger partial charge on any atom is 0.247 e. The molecule has 2 rings (SSSR count). The zero-order valence-electron chi connectivity index (χ0n) is 8.92. The lowest BCUT2D eigenvalue weighted by Crippen LogP contribution is -2.39. The average molecular weight is 241 g/mol. The number of amides is 1. The third-order valence-corrected chi connectivity index (χ3v) is 2.73. The molecule has 1 atom stereocenters. The van der Waals surface area contributed by atoms with E-state index in [9.17, 15) is 4.79 Å². The van der Waals surface area contributed by atoms with Crippen LogP contribution >= 0.6 is 11.6 Å². The number of ether oxygens (including phenoxy) is 1. The van der Waals surface area contributed by atoms with E-state index in [4.69, 9.17) is 16.3 Å². The molecule has 0 aromatic heterocycles. The minimum Gasteiger partial charge on any atom is -0.385 e. The van der Waals surface area contributed by atoms with Crippen LogP contribution < -0.4 is 10.6 Å². The monoisotopic (exact) mass is 240 g/mol. The van der Waals surface area contributed by atoms with Crippen molar-refractivity contribution in [1.82, 2.24) is 0 Å². The van der Waals surface area contributed by atoms with Gasteiger partial charge in [0.25, 0.3) is 0 Å². The third kappa shape index (κ3) is 2.28. The number of carbonyl (C=O) groups is 1. The summed E-state index contributed by atoms with van der Waals surface area (Å²) >= 11 is 5.89. The summed E-state index contributed by atoms with van der Waals surface area (Å²) in [5.74, 6) is -0.0353. The fourth-order valence-corrected chi connectivity index (χ4v) is 1.83. The second-order valence-electron chi connectivity index (χ2n) is 3.66. The van der Waals surface area contributed by atoms with E-state index in [0.717, 1.165) is 11.4 Å². The highest BCUT2D eigenvalue weighted by Gasteiger charge is 2.24. The Morgan fingerprint density at radius 3 is 3.00 bits per heavy atom. The zero-order chi connectivity index (χ0) is 11.5. The van der Waals surface area contributed by atoms with Crippen LogP contribution in [0, 0.1) is 0 Å². The van der Waals surface area contributed by atoms with Gasteiger partial charge >= 0.3 is 0 Å². The van der Waals surface area contributed by atoms with Crippen LogP contribution in [0.3, 0.4) is 0 Å². The predicted molar refractivity (Wildman–Crippen MR) is 64.0 cm³/mol. The summed E-state index contributed by atoms with van der Waals surface area (Å²) in [6, 6.07) is 5.08. The summed E-state index contributed by atoms with van der Waals surface area (Å²) in [5.41, 5.74) is 1.62. The number of hydrogen-bond donors (Lipinski definition) is 2. The summed E-state index contributed by atoms with van der Waals surface area (Å²) in [6.07, 6.45) is 0.633. The molecule has 0 fully saturated rings. The van der Waals surface area contributed by atoms with Crippen molar-refractivity contribution in [2.24, 2.45) is 0 Å². The molecule has 1 aromatic rings. The van der Waals surface area contributed by atoms with Gasteiger partial charge in [0, 0.05) is 18.7 Å². The molecule has 0 spiro atoms. The fraction of sp³-hybridized carbons (Fsp3) is 0.364. The van der Waals surface area contributed by atoms with Crippen molar-refractivity contribution in [3.05, 3.63) is 23.2 Å². The van der Waals surface area contributed by atoms with Crippen molar-refractivity contribution in [1.29, 1.82) is 0 Å². The SMILES string of the molecule is COCCC1Nc2cc(Cl)ccc2NC1=O. The molecule has 16 heavy (non-hydrogen) atoms. The van der Waals surface area contributed by atoms with Crippen LogP contribution in [0.1, 0.15) is 6.42 Å². The Morgan fingerprint density at radius 2 is 2.25 bits per heavy atom. The molecule has 0 bridgehead atoms. The van der Waals surface area contributed by atoms with Crippen LogP contribution in [0.4, 0.5) is 11.4 Å². The van der Waals surface area contributed by atoms with Gasteiger partial charge in [0.15, 0.2) is 0 Å². The van der Waals surface area contributed by atoms with Crippen LogP contribution in [-0.2, 0) is 9.53 Å². The second kappa shape index (κ2) is 4.72. The van der Waals surface area contributed by atoms with E-state index in [1.807, 2.05) is 0 Å². The smallest absolute Gasteiger partial charge is 0.247 e. The first-order chi connectivity index (χ1) is 7.70. The van der Waals surface area contributed by atoms with E-state index in [1.54, 1.807) is 25.3 Å². The van der Waals surface area contributed by atoms with Gasteiger partial charge in [-0.2, -0.15) is 0 Å². The molecule has 1 unspecified atom stereocenters. The molecular formula is C11H13ClN2O2. The Kier molecular flexibility index (Phi) is 3.31. The van der Waals surface area contributed by atoms with Crippen molar-refractivity contribution in [3.63, 3.8) is 0 Å². The maximum atomic E-state index is 11.7. The summed E-state index contributed by atoms with van der Waals surface area (Å²) in [4.78, 5) is 11.7. The van der Waals surface area contributed by atoms with Gasteiger partial charge in [-0.1, -0.05) is 11.6 Å². The van der Waals surface area contributed by atoms with Gasteiger partial charge in [-0.15, -0.1) is 0 Å². The first kappa shape index (κ1) is 11.2. The largest absolute Gasteiger partial charge is 0.385 e. The lowest BCUT2D eigenvalue weighted by Gasteiger charge is -2.26. The highest BCUT2D eigenvalue weighted by molar-refractivity contribution is 6.31. The minimum absolute atomic E-state index is 0.0353. The van der Waals surface area contributed by atoms with Crippen molar-refractivity contribution in [2.45, 2.75) is 12.5 Å². The Labute approximate surface area is 98.9 Å². The number of hydrogen-bond acceptors (Lipinski definition) is 3. The summed E-state index contributed by atoms with van der Waals surface area (Å²) in [5, 5.41) is 6.62. The summed E-state index contributed by atoms with van der Waals surface area (Å²) in [6.45, 7) is 0.543. The van der Waals surface area contributed by atoms with Crippen LogP contribution in [0.25, 0.3) is 0 Å². The Balaban J connectivity index is 2.16. The van der Waals surface area contributed by atoms with Crippen molar-refractivity contribution in [3.8, 4) is 0 Å². The number of carbonyl (C=O) groups excluding carboxylic acids is 1. The van der Waals surface area contributed by atoms with Crippen molar-refractivity contribution < 1.29 is 9.53 Å². The fourth-order valence-electron chi connectivity index (χ4n) is 1.66. The molecule has 0 radical (unpaired) electrons. The number of nitrogens with one attached hydrogen (secondary N) is 2. The first-order valence-electron chi connectivity index (χ1n) is 5.06. The zero-order valence-corrected chi connectivity index (χ0v) is 9.67. The molecule has 0 saturated carbocycles. The molecule has 4 nitrogen and oxygen atoms in total. The van der Waals surface area contributed by atoms with Gasteiger partial charge in [0.1, 0.15) is 6.04 Å². The lowest BCUT2D eigenvalue weighted by molar-refractivity contribution is -0.117. The molecule has 0 aliphatic carbocycles. The summed E-state index contributed by atoms with van der Waals surface area (Å²) < 4.78 is 4.96. The van der Waals surface area contributed by atoms with E-state index in [1.165, 1.54) is 0 Å². The number of benzene rings is 1. The molecule has 1 heterocycles. The highest BCUT2D eigenvalue weighted by atomic mass is 35.5. The van der Waals surface area contributed by atoms with Crippen LogP contribution in [0.5, 0.6) is 0 Å². The molecule has 1 amide bonds. The third-order valence-electron chi connectivity index (χ3n) is 2.50. The number of methoxy groups -OCH3 is 1. The number of fused-ring (bicyclic) bond motifs is 1. The van der Waals surface area contributed by atoms with Crippen molar-refractivity contribution >= 4 is 28.9 Å². The molecule has 1 aliphatic rings. The maximum absolute atomic E-state index is 11.7. The molecule has 5 heteroatoms. The normalized spacial score (nSPS) is 18.6. The molecule has 2 N–H and O–H groups in total. The summed E-state index contributed by atoms with van der Waals surface area (Å²) in [7, 11) is 1.62. The predicted octanol–water partition coefficient (Wildman–Crippen LogP) is 2.11. The van der Waals surface area contributed by atoms with Gasteiger partial charge in [-0.3, -0.25) is 4.79 Å². The number of rotatable bonds is 3. The first-order valence-corrected chi connectivity index (χ1v) is 5.44. The number of anilines is 2. The molecule has 1 aromatic carbocycles. The standard InChI is InChI=1S/C11H13ClN2O2/c1-16-5-4-9-11(15)14-8-3-2-7(12)6-10(8)13-9/h2-3,6,9,13H,4-5H2,1H3,(H,14,15). The Morgan fingerprint density at radius 1 is 1.44 bits per heavy atom. The van der Waals surface area contributed by atoms with E-state index in [0.29, 0.717) is 18.1 Å². The Hall–Kier alpha value is -1.26.